The van der Waals surface area contributed by atoms with Gasteiger partial charge in [-0.2, -0.15) is 0 Å². The molecule has 1 aliphatic carbocycles. The van der Waals surface area contributed by atoms with Crippen LogP contribution in [-0.4, -0.2) is 62.9 Å². The summed E-state index contributed by atoms with van der Waals surface area (Å²) in [4.78, 5) is 32.1. The zero-order valence-corrected chi connectivity index (χ0v) is 18.5. The number of likely N-dealkylation sites (N-methyl/N-ethyl adjacent to an activating group) is 1. The zero-order valence-electron chi connectivity index (χ0n) is 17.6. The van der Waals surface area contributed by atoms with Crippen LogP contribution in [-0.2, 0) is 11.3 Å². The molecule has 1 aromatic carbocycles. The molecule has 2 aromatic rings. The summed E-state index contributed by atoms with van der Waals surface area (Å²) in [6.07, 6.45) is 1.99. The summed E-state index contributed by atoms with van der Waals surface area (Å²) in [7, 11) is 8.03. The summed E-state index contributed by atoms with van der Waals surface area (Å²) in [6, 6.07) is 9.59. The first kappa shape index (κ1) is 21.3. The van der Waals surface area contributed by atoms with Crippen molar-refractivity contribution in [3.63, 3.8) is 0 Å². The van der Waals surface area contributed by atoms with E-state index in [-0.39, 0.29) is 17.7 Å². The molecule has 1 heterocycles. The van der Waals surface area contributed by atoms with Gasteiger partial charge in [0.15, 0.2) is 0 Å². The molecule has 1 saturated carbocycles. The molecule has 2 amide bonds. The third-order valence-corrected chi connectivity index (χ3v) is 5.85. The van der Waals surface area contributed by atoms with Crippen LogP contribution in [0.15, 0.2) is 35.7 Å². The van der Waals surface area contributed by atoms with Crippen molar-refractivity contribution >= 4 is 34.5 Å². The fourth-order valence-electron chi connectivity index (χ4n) is 3.21. The number of benzene rings is 1. The first-order chi connectivity index (χ1) is 13.8. The molecular weight excluding hydrogens is 384 g/mol. The smallest absolute Gasteiger partial charge is 0.265 e. The number of anilines is 2. The average molecular weight is 415 g/mol. The zero-order chi connectivity index (χ0) is 21.0. The van der Waals surface area contributed by atoms with Crippen LogP contribution < -0.4 is 10.2 Å². The number of hydrogen-bond acceptors (Lipinski definition) is 5. The summed E-state index contributed by atoms with van der Waals surface area (Å²) in [5, 5.41) is 4.87. The number of amides is 2. The lowest BCUT2D eigenvalue weighted by molar-refractivity contribution is -0.133. The van der Waals surface area contributed by atoms with Gasteiger partial charge in [0.1, 0.15) is 0 Å². The van der Waals surface area contributed by atoms with Gasteiger partial charge in [-0.05, 0) is 62.1 Å². The van der Waals surface area contributed by atoms with Gasteiger partial charge in [0.2, 0.25) is 5.91 Å². The second-order valence-electron chi connectivity index (χ2n) is 8.01. The van der Waals surface area contributed by atoms with E-state index in [0.717, 1.165) is 36.3 Å². The Kier molecular flexibility index (Phi) is 6.92. The van der Waals surface area contributed by atoms with Gasteiger partial charge in [-0.25, -0.2) is 0 Å². The molecule has 1 aromatic heterocycles. The molecular formula is C22H30N4O2S. The topological polar surface area (TPSA) is 55.9 Å². The molecule has 0 saturated heterocycles. The summed E-state index contributed by atoms with van der Waals surface area (Å²) in [6.45, 7) is 2.06. The second kappa shape index (κ2) is 9.41. The Bertz CT molecular complexity index is 845. The van der Waals surface area contributed by atoms with Crippen molar-refractivity contribution < 1.29 is 9.59 Å². The maximum absolute atomic E-state index is 12.8. The fraction of sp³-hybridized carbons (Fsp3) is 0.455. The summed E-state index contributed by atoms with van der Waals surface area (Å²) >= 11 is 1.42. The van der Waals surface area contributed by atoms with E-state index in [4.69, 9.17) is 0 Å². The van der Waals surface area contributed by atoms with Crippen LogP contribution in [0.1, 0.15) is 28.1 Å². The quantitative estimate of drug-likeness (QED) is 0.684. The average Bonchev–Trinajstić information content (AvgIpc) is 3.37. The Morgan fingerprint density at radius 2 is 1.86 bits per heavy atom. The minimum absolute atomic E-state index is 0.109. The molecule has 156 valence electrons. The van der Waals surface area contributed by atoms with E-state index in [1.807, 2.05) is 73.7 Å². The highest BCUT2D eigenvalue weighted by Gasteiger charge is 2.33. The molecule has 1 aliphatic rings. The van der Waals surface area contributed by atoms with Gasteiger partial charge in [0, 0.05) is 51.0 Å². The third-order valence-electron chi connectivity index (χ3n) is 4.98. The van der Waals surface area contributed by atoms with Crippen molar-refractivity contribution in [3.05, 3.63) is 46.2 Å². The SMILES string of the molecule is CN(C)CCN(Cc1cc(NC(=O)c2cccs2)ccc1N(C)C)C(=O)C1CC1. The largest absolute Gasteiger partial charge is 0.377 e. The molecule has 0 unspecified atom stereocenters. The van der Waals surface area contributed by atoms with Crippen molar-refractivity contribution in [2.24, 2.45) is 5.92 Å². The summed E-state index contributed by atoms with van der Waals surface area (Å²) in [5.41, 5.74) is 2.83. The van der Waals surface area contributed by atoms with Gasteiger partial charge >= 0.3 is 0 Å². The van der Waals surface area contributed by atoms with E-state index in [2.05, 4.69) is 10.2 Å². The van der Waals surface area contributed by atoms with Crippen molar-refractivity contribution in [2.75, 3.05) is 51.5 Å². The number of hydrogen-bond donors (Lipinski definition) is 1. The highest BCUT2D eigenvalue weighted by atomic mass is 32.1. The van der Waals surface area contributed by atoms with Crippen LogP contribution in [0.25, 0.3) is 0 Å². The number of carbonyl (C=O) groups is 2. The summed E-state index contributed by atoms with van der Waals surface area (Å²) in [5.74, 6) is 0.313. The Labute approximate surface area is 177 Å². The van der Waals surface area contributed by atoms with Crippen molar-refractivity contribution in [2.45, 2.75) is 19.4 Å². The molecule has 1 N–H and O–H groups in total. The van der Waals surface area contributed by atoms with Gasteiger partial charge in [-0.1, -0.05) is 6.07 Å². The van der Waals surface area contributed by atoms with Crippen LogP contribution in [0, 0.1) is 5.92 Å². The van der Waals surface area contributed by atoms with Crippen LogP contribution in [0.4, 0.5) is 11.4 Å². The van der Waals surface area contributed by atoms with E-state index in [1.54, 1.807) is 0 Å². The number of carbonyl (C=O) groups excluding carboxylic acids is 2. The second-order valence-corrected chi connectivity index (χ2v) is 8.95. The first-order valence-electron chi connectivity index (χ1n) is 9.93. The van der Waals surface area contributed by atoms with Gasteiger partial charge in [0.25, 0.3) is 5.91 Å². The van der Waals surface area contributed by atoms with E-state index < -0.39 is 0 Å². The lowest BCUT2D eigenvalue weighted by Gasteiger charge is -2.27. The Balaban J connectivity index is 1.81. The Morgan fingerprint density at radius 1 is 1.10 bits per heavy atom. The van der Waals surface area contributed by atoms with E-state index in [1.165, 1.54) is 11.3 Å². The minimum Gasteiger partial charge on any atom is -0.377 e. The molecule has 3 rings (SSSR count). The molecule has 0 radical (unpaired) electrons. The lowest BCUT2D eigenvalue weighted by Crippen LogP contribution is -2.37. The Morgan fingerprint density at radius 3 is 2.45 bits per heavy atom. The fourth-order valence-corrected chi connectivity index (χ4v) is 3.83. The normalized spacial score (nSPS) is 13.4. The molecule has 0 spiro atoms. The number of thiophene rings is 1. The van der Waals surface area contributed by atoms with Crippen LogP contribution in [0.2, 0.25) is 0 Å². The molecule has 7 heteroatoms. The Hall–Kier alpha value is -2.38. The highest BCUT2D eigenvalue weighted by molar-refractivity contribution is 7.12. The molecule has 6 nitrogen and oxygen atoms in total. The van der Waals surface area contributed by atoms with Gasteiger partial charge in [-0.15, -0.1) is 11.3 Å². The van der Waals surface area contributed by atoms with E-state index >= 15 is 0 Å². The third kappa shape index (κ3) is 5.81. The lowest BCUT2D eigenvalue weighted by atomic mass is 10.1. The van der Waals surface area contributed by atoms with Crippen LogP contribution >= 0.6 is 11.3 Å². The van der Waals surface area contributed by atoms with Crippen LogP contribution in [0.5, 0.6) is 0 Å². The van der Waals surface area contributed by atoms with E-state index in [9.17, 15) is 9.59 Å². The van der Waals surface area contributed by atoms with Gasteiger partial charge < -0.3 is 20.0 Å². The minimum atomic E-state index is -0.109. The van der Waals surface area contributed by atoms with Gasteiger partial charge in [-0.3, -0.25) is 9.59 Å². The maximum Gasteiger partial charge on any atom is 0.265 e. The highest BCUT2D eigenvalue weighted by Crippen LogP contribution is 2.32. The van der Waals surface area contributed by atoms with Crippen molar-refractivity contribution in [3.8, 4) is 0 Å². The molecule has 29 heavy (non-hydrogen) atoms. The number of rotatable bonds is 9. The van der Waals surface area contributed by atoms with Crippen molar-refractivity contribution in [1.82, 2.24) is 9.80 Å². The van der Waals surface area contributed by atoms with E-state index in [0.29, 0.717) is 18.0 Å². The molecule has 1 fully saturated rings. The van der Waals surface area contributed by atoms with Crippen LogP contribution in [0.3, 0.4) is 0 Å². The molecule has 0 bridgehead atoms. The predicted octanol–water partition coefficient (Wildman–Crippen LogP) is 3.37. The standard InChI is InChI=1S/C22H30N4O2S/c1-24(2)11-12-26(22(28)16-7-8-16)15-17-14-18(9-10-19(17)25(3)4)23-21(27)20-6-5-13-29-20/h5-6,9-10,13-14,16H,7-8,11-12,15H2,1-4H3,(H,23,27). The maximum atomic E-state index is 12.8. The molecule has 0 atom stereocenters. The number of nitrogens with one attached hydrogen (secondary N) is 1. The van der Waals surface area contributed by atoms with Crippen molar-refractivity contribution in [1.29, 1.82) is 0 Å². The van der Waals surface area contributed by atoms with Gasteiger partial charge in [0.05, 0.1) is 4.88 Å². The number of nitrogens with zero attached hydrogens (tertiary/aromatic N) is 3. The first-order valence-corrected chi connectivity index (χ1v) is 10.8. The monoisotopic (exact) mass is 414 g/mol. The summed E-state index contributed by atoms with van der Waals surface area (Å²) < 4.78 is 0. The molecule has 0 aliphatic heterocycles. The predicted molar refractivity (Wildman–Crippen MR) is 120 cm³/mol.